The number of aryl methyl sites for hydroxylation is 2. The van der Waals surface area contributed by atoms with E-state index in [-0.39, 0.29) is 6.42 Å². The van der Waals surface area contributed by atoms with Gasteiger partial charge in [-0.3, -0.25) is 9.48 Å². The minimum absolute atomic E-state index is 0.0824. The van der Waals surface area contributed by atoms with Crippen LogP contribution in [0.2, 0.25) is 0 Å². The topological polar surface area (TPSA) is 55.1 Å². The lowest BCUT2D eigenvalue weighted by Gasteiger charge is -1.99. The summed E-state index contributed by atoms with van der Waals surface area (Å²) in [6, 6.07) is 7.96. The molecule has 0 spiro atoms. The van der Waals surface area contributed by atoms with Gasteiger partial charge in [-0.1, -0.05) is 28.1 Å². The maximum atomic E-state index is 10.5. The molecule has 0 fully saturated rings. The van der Waals surface area contributed by atoms with Crippen molar-refractivity contribution in [2.45, 2.75) is 19.9 Å². The Hall–Kier alpha value is -1.62. The quantitative estimate of drug-likeness (QED) is 0.944. The van der Waals surface area contributed by atoms with Crippen LogP contribution in [-0.4, -0.2) is 20.9 Å². The molecule has 0 amide bonds. The van der Waals surface area contributed by atoms with Crippen LogP contribution >= 0.6 is 15.9 Å². The summed E-state index contributed by atoms with van der Waals surface area (Å²) in [5, 5.41) is 13.0. The number of carbonyl (C=O) groups is 1. The SMILES string of the molecule is Cc1nn(CCC(=O)O)cc1-c1cccc(Br)c1. The minimum atomic E-state index is -0.813. The second-order valence-electron chi connectivity index (χ2n) is 4.05. The lowest BCUT2D eigenvalue weighted by atomic mass is 10.1. The zero-order chi connectivity index (χ0) is 13.1. The number of carboxylic acid groups (broad SMARTS) is 1. The zero-order valence-electron chi connectivity index (χ0n) is 9.93. The fourth-order valence-corrected chi connectivity index (χ4v) is 2.18. The van der Waals surface area contributed by atoms with Crippen molar-refractivity contribution < 1.29 is 9.90 Å². The molecule has 0 bridgehead atoms. The van der Waals surface area contributed by atoms with Gasteiger partial charge in [-0.05, 0) is 24.6 Å². The molecule has 0 aliphatic carbocycles. The molecule has 1 aromatic heterocycles. The first-order chi connectivity index (χ1) is 8.56. The van der Waals surface area contributed by atoms with Crippen LogP contribution in [0.5, 0.6) is 0 Å². The molecule has 0 aliphatic rings. The van der Waals surface area contributed by atoms with Gasteiger partial charge < -0.3 is 5.11 Å². The highest BCUT2D eigenvalue weighted by Crippen LogP contribution is 2.25. The van der Waals surface area contributed by atoms with Crippen molar-refractivity contribution in [2.24, 2.45) is 0 Å². The summed E-state index contributed by atoms with van der Waals surface area (Å²) in [6.07, 6.45) is 1.97. The summed E-state index contributed by atoms with van der Waals surface area (Å²) >= 11 is 3.44. The highest BCUT2D eigenvalue weighted by Gasteiger charge is 2.08. The number of hydrogen-bond acceptors (Lipinski definition) is 2. The average Bonchev–Trinajstić information content (AvgIpc) is 2.68. The summed E-state index contributed by atoms with van der Waals surface area (Å²) in [5.41, 5.74) is 3.00. The van der Waals surface area contributed by atoms with Crippen molar-refractivity contribution in [3.05, 3.63) is 40.6 Å². The summed E-state index contributed by atoms with van der Waals surface area (Å²) < 4.78 is 2.69. The van der Waals surface area contributed by atoms with Crippen molar-refractivity contribution in [1.29, 1.82) is 0 Å². The maximum absolute atomic E-state index is 10.5. The Kier molecular flexibility index (Phi) is 3.81. The number of carboxylic acids is 1. The number of hydrogen-bond donors (Lipinski definition) is 1. The Balaban J connectivity index is 2.26. The van der Waals surface area contributed by atoms with Gasteiger partial charge in [0, 0.05) is 16.2 Å². The number of halogens is 1. The Bertz CT molecular complexity index is 578. The molecule has 1 aromatic carbocycles. The summed E-state index contributed by atoms with van der Waals surface area (Å²) in [5.74, 6) is -0.813. The largest absolute Gasteiger partial charge is 0.481 e. The number of nitrogens with zero attached hydrogens (tertiary/aromatic N) is 2. The van der Waals surface area contributed by atoms with Crippen molar-refractivity contribution in [2.75, 3.05) is 0 Å². The van der Waals surface area contributed by atoms with E-state index >= 15 is 0 Å². The highest BCUT2D eigenvalue weighted by molar-refractivity contribution is 9.10. The summed E-state index contributed by atoms with van der Waals surface area (Å²) in [6.45, 7) is 2.32. The van der Waals surface area contributed by atoms with Gasteiger partial charge >= 0.3 is 5.97 Å². The van der Waals surface area contributed by atoms with Crippen LogP contribution < -0.4 is 0 Å². The Morgan fingerprint density at radius 1 is 1.50 bits per heavy atom. The van der Waals surface area contributed by atoms with Gasteiger partial charge in [0.25, 0.3) is 0 Å². The molecule has 0 saturated carbocycles. The van der Waals surface area contributed by atoms with Gasteiger partial charge in [0.2, 0.25) is 0 Å². The number of aromatic nitrogens is 2. The molecule has 4 nitrogen and oxygen atoms in total. The number of benzene rings is 1. The standard InChI is InChI=1S/C13H13BrN2O2/c1-9-12(10-3-2-4-11(14)7-10)8-16(15-9)6-5-13(17)18/h2-4,7-8H,5-6H2,1H3,(H,17,18). The first-order valence-corrected chi connectivity index (χ1v) is 6.37. The second-order valence-corrected chi connectivity index (χ2v) is 4.96. The molecular weight excluding hydrogens is 296 g/mol. The first-order valence-electron chi connectivity index (χ1n) is 5.58. The van der Waals surface area contributed by atoms with Crippen molar-refractivity contribution in [3.63, 3.8) is 0 Å². The molecule has 1 heterocycles. The molecule has 0 aliphatic heterocycles. The van der Waals surface area contributed by atoms with Gasteiger partial charge in [-0.2, -0.15) is 5.10 Å². The minimum Gasteiger partial charge on any atom is -0.481 e. The summed E-state index contributed by atoms with van der Waals surface area (Å²) in [7, 11) is 0. The number of rotatable bonds is 4. The average molecular weight is 309 g/mol. The van der Waals surface area contributed by atoms with E-state index in [0.29, 0.717) is 6.54 Å². The first kappa shape index (κ1) is 12.8. The van der Waals surface area contributed by atoms with Gasteiger partial charge in [0.15, 0.2) is 0 Å². The van der Waals surface area contributed by atoms with Gasteiger partial charge in [-0.25, -0.2) is 0 Å². The van der Waals surface area contributed by atoms with Crippen LogP contribution in [-0.2, 0) is 11.3 Å². The second kappa shape index (κ2) is 5.35. The van der Waals surface area contributed by atoms with E-state index < -0.39 is 5.97 Å². The predicted molar refractivity (Wildman–Crippen MR) is 72.4 cm³/mol. The Morgan fingerprint density at radius 3 is 2.94 bits per heavy atom. The van der Waals surface area contributed by atoms with E-state index in [1.54, 1.807) is 4.68 Å². The van der Waals surface area contributed by atoms with E-state index in [1.165, 1.54) is 0 Å². The molecule has 18 heavy (non-hydrogen) atoms. The highest BCUT2D eigenvalue weighted by atomic mass is 79.9. The monoisotopic (exact) mass is 308 g/mol. The van der Waals surface area contributed by atoms with Crippen LogP contribution in [0.15, 0.2) is 34.9 Å². The Morgan fingerprint density at radius 2 is 2.28 bits per heavy atom. The van der Waals surface area contributed by atoms with Gasteiger partial charge in [-0.15, -0.1) is 0 Å². The molecule has 2 rings (SSSR count). The number of aliphatic carboxylic acids is 1. The normalized spacial score (nSPS) is 10.6. The molecule has 0 radical (unpaired) electrons. The molecule has 0 unspecified atom stereocenters. The van der Waals surface area contributed by atoms with E-state index in [9.17, 15) is 4.79 Å². The van der Waals surface area contributed by atoms with Crippen LogP contribution in [0, 0.1) is 6.92 Å². The lowest BCUT2D eigenvalue weighted by molar-refractivity contribution is -0.137. The molecule has 0 saturated heterocycles. The lowest BCUT2D eigenvalue weighted by Crippen LogP contribution is -2.04. The third-order valence-corrected chi connectivity index (χ3v) is 3.13. The zero-order valence-corrected chi connectivity index (χ0v) is 11.5. The van der Waals surface area contributed by atoms with Crippen molar-refractivity contribution >= 4 is 21.9 Å². The molecule has 5 heteroatoms. The fraction of sp³-hybridized carbons (Fsp3) is 0.231. The van der Waals surface area contributed by atoms with Crippen LogP contribution in [0.4, 0.5) is 0 Å². The van der Waals surface area contributed by atoms with Crippen LogP contribution in [0.1, 0.15) is 12.1 Å². The fourth-order valence-electron chi connectivity index (χ4n) is 1.78. The molecular formula is C13H13BrN2O2. The summed E-state index contributed by atoms with van der Waals surface area (Å²) in [4.78, 5) is 10.5. The van der Waals surface area contributed by atoms with Crippen molar-refractivity contribution in [1.82, 2.24) is 9.78 Å². The van der Waals surface area contributed by atoms with Gasteiger partial charge in [0.05, 0.1) is 18.7 Å². The van der Waals surface area contributed by atoms with E-state index in [2.05, 4.69) is 21.0 Å². The van der Waals surface area contributed by atoms with Crippen molar-refractivity contribution in [3.8, 4) is 11.1 Å². The van der Waals surface area contributed by atoms with E-state index in [1.807, 2.05) is 37.4 Å². The van der Waals surface area contributed by atoms with Gasteiger partial charge in [0.1, 0.15) is 0 Å². The molecule has 0 atom stereocenters. The van der Waals surface area contributed by atoms with Crippen LogP contribution in [0.3, 0.4) is 0 Å². The smallest absolute Gasteiger partial charge is 0.305 e. The third kappa shape index (κ3) is 2.98. The molecule has 1 N–H and O–H groups in total. The van der Waals surface area contributed by atoms with E-state index in [4.69, 9.17) is 5.11 Å². The Labute approximate surface area is 113 Å². The molecule has 94 valence electrons. The maximum Gasteiger partial charge on any atom is 0.305 e. The molecule has 2 aromatic rings. The van der Waals surface area contributed by atoms with E-state index in [0.717, 1.165) is 21.3 Å². The third-order valence-electron chi connectivity index (χ3n) is 2.64. The predicted octanol–water partition coefficient (Wildman–Crippen LogP) is 3.10. The van der Waals surface area contributed by atoms with Crippen LogP contribution in [0.25, 0.3) is 11.1 Å².